The van der Waals surface area contributed by atoms with Crippen LogP contribution in [-0.2, 0) is 4.79 Å². The van der Waals surface area contributed by atoms with Crippen molar-refractivity contribution in [3.63, 3.8) is 0 Å². The van der Waals surface area contributed by atoms with Crippen molar-refractivity contribution in [3.8, 4) is 0 Å². The van der Waals surface area contributed by atoms with E-state index in [2.05, 4.69) is 25.9 Å². The van der Waals surface area contributed by atoms with E-state index < -0.39 is 11.8 Å². The van der Waals surface area contributed by atoms with Gasteiger partial charge in [0.25, 0.3) is 0 Å². The monoisotopic (exact) mass is 407 g/mol. The number of hydrogen-bond acceptors (Lipinski definition) is 6. The third-order valence-corrected chi connectivity index (χ3v) is 4.52. The molecule has 1 aromatic heterocycles. The molecule has 0 radical (unpaired) electrons. The molecule has 1 aliphatic carbocycles. The van der Waals surface area contributed by atoms with E-state index in [4.69, 9.17) is 5.11 Å². The second-order valence-corrected chi connectivity index (χ2v) is 6.83. The summed E-state index contributed by atoms with van der Waals surface area (Å²) in [7, 11) is 0. The molecule has 1 saturated carbocycles. The van der Waals surface area contributed by atoms with Crippen molar-refractivity contribution < 1.29 is 19.1 Å². The van der Waals surface area contributed by atoms with E-state index in [1.807, 2.05) is 0 Å². The van der Waals surface area contributed by atoms with Gasteiger partial charge in [0.2, 0.25) is 11.9 Å². The molecule has 0 aliphatic heterocycles. The molecular weight excluding hydrogens is 389 g/mol. The number of carboxylic acid groups (broad SMARTS) is 1. The standard InChI is InChI=1S/C21H18FN5O3/c22-15-11-23-21(24-14-9-7-13(8-10-14)20(29)30)27-18(15)25-16-3-1-2-4-17(16)26-19(28)12-5-6-12/h1-4,7-12H,5-6H2,(H,26,28)(H,29,30)(H2,23,24,25,27). The summed E-state index contributed by atoms with van der Waals surface area (Å²) in [6.07, 6.45) is 2.78. The van der Waals surface area contributed by atoms with Gasteiger partial charge in [0, 0.05) is 11.6 Å². The molecule has 4 rings (SSSR count). The van der Waals surface area contributed by atoms with Crippen LogP contribution in [0.25, 0.3) is 0 Å². The quantitative estimate of drug-likeness (QED) is 0.465. The van der Waals surface area contributed by atoms with Crippen molar-refractivity contribution in [3.05, 3.63) is 66.1 Å². The minimum atomic E-state index is -1.03. The van der Waals surface area contributed by atoms with E-state index in [9.17, 15) is 14.0 Å². The van der Waals surface area contributed by atoms with Crippen LogP contribution >= 0.6 is 0 Å². The van der Waals surface area contributed by atoms with E-state index in [1.165, 1.54) is 12.1 Å². The van der Waals surface area contributed by atoms with Gasteiger partial charge < -0.3 is 21.1 Å². The number of carbonyl (C=O) groups excluding carboxylic acids is 1. The van der Waals surface area contributed by atoms with Crippen molar-refractivity contribution in [1.29, 1.82) is 0 Å². The van der Waals surface area contributed by atoms with E-state index >= 15 is 0 Å². The second-order valence-electron chi connectivity index (χ2n) is 6.83. The highest BCUT2D eigenvalue weighted by Gasteiger charge is 2.30. The zero-order valence-electron chi connectivity index (χ0n) is 15.7. The Balaban J connectivity index is 1.52. The molecule has 8 nitrogen and oxygen atoms in total. The highest BCUT2D eigenvalue weighted by atomic mass is 19.1. The number of benzene rings is 2. The van der Waals surface area contributed by atoms with Gasteiger partial charge in [-0.25, -0.2) is 14.2 Å². The number of aromatic carboxylic acids is 1. The predicted molar refractivity (Wildman–Crippen MR) is 110 cm³/mol. The van der Waals surface area contributed by atoms with E-state index in [0.717, 1.165) is 19.0 Å². The zero-order valence-corrected chi connectivity index (χ0v) is 15.7. The maximum atomic E-state index is 14.3. The van der Waals surface area contributed by atoms with Gasteiger partial charge in [-0.3, -0.25) is 4.79 Å². The summed E-state index contributed by atoms with van der Waals surface area (Å²) in [5, 5.41) is 17.6. The number of nitrogens with zero attached hydrogens (tertiary/aromatic N) is 2. The Morgan fingerprint density at radius 3 is 2.37 bits per heavy atom. The number of carboxylic acids is 1. The van der Waals surface area contributed by atoms with Gasteiger partial charge in [-0.05, 0) is 49.2 Å². The first-order valence-electron chi connectivity index (χ1n) is 9.29. The van der Waals surface area contributed by atoms with Gasteiger partial charge in [0.05, 0.1) is 23.1 Å². The molecule has 4 N–H and O–H groups in total. The fourth-order valence-corrected chi connectivity index (χ4v) is 2.75. The first kappa shape index (κ1) is 19.3. The molecule has 0 bridgehead atoms. The Bertz CT molecular complexity index is 1100. The van der Waals surface area contributed by atoms with Crippen LogP contribution in [0.1, 0.15) is 23.2 Å². The largest absolute Gasteiger partial charge is 0.478 e. The highest BCUT2D eigenvalue weighted by molar-refractivity contribution is 5.97. The summed E-state index contributed by atoms with van der Waals surface area (Å²) in [4.78, 5) is 31.1. The van der Waals surface area contributed by atoms with Crippen molar-refractivity contribution in [2.75, 3.05) is 16.0 Å². The van der Waals surface area contributed by atoms with Crippen molar-refractivity contribution in [2.45, 2.75) is 12.8 Å². The summed E-state index contributed by atoms with van der Waals surface area (Å²) < 4.78 is 14.3. The summed E-state index contributed by atoms with van der Waals surface area (Å²) in [6.45, 7) is 0. The average Bonchev–Trinajstić information content (AvgIpc) is 3.58. The number of anilines is 5. The summed E-state index contributed by atoms with van der Waals surface area (Å²) in [5.74, 6) is -1.65. The van der Waals surface area contributed by atoms with Crippen molar-refractivity contribution >= 4 is 40.7 Å². The van der Waals surface area contributed by atoms with Gasteiger partial charge in [-0.2, -0.15) is 4.98 Å². The Morgan fingerprint density at radius 1 is 1.00 bits per heavy atom. The van der Waals surface area contributed by atoms with Gasteiger partial charge in [0.1, 0.15) is 0 Å². The lowest BCUT2D eigenvalue weighted by Crippen LogP contribution is -2.14. The molecule has 3 aromatic rings. The number of nitrogens with one attached hydrogen (secondary N) is 3. The van der Waals surface area contributed by atoms with E-state index in [-0.39, 0.29) is 29.2 Å². The van der Waals surface area contributed by atoms with Gasteiger partial charge in [0.15, 0.2) is 11.6 Å². The summed E-state index contributed by atoms with van der Waals surface area (Å²) in [6, 6.07) is 13.0. The lowest BCUT2D eigenvalue weighted by atomic mass is 10.2. The van der Waals surface area contributed by atoms with Crippen LogP contribution in [0.5, 0.6) is 0 Å². The second kappa shape index (κ2) is 8.16. The van der Waals surface area contributed by atoms with Crippen molar-refractivity contribution in [2.24, 2.45) is 5.92 Å². The maximum Gasteiger partial charge on any atom is 0.335 e. The number of halogens is 1. The first-order valence-corrected chi connectivity index (χ1v) is 9.29. The smallest absolute Gasteiger partial charge is 0.335 e. The topological polar surface area (TPSA) is 116 Å². The molecule has 1 aliphatic rings. The van der Waals surface area contributed by atoms with Crippen LogP contribution in [-0.4, -0.2) is 27.0 Å². The Hall–Kier alpha value is -4.01. The fourth-order valence-electron chi connectivity index (χ4n) is 2.75. The molecule has 0 atom stereocenters. The Morgan fingerprint density at radius 2 is 1.70 bits per heavy atom. The molecule has 0 spiro atoms. The van der Waals surface area contributed by atoms with Crippen LogP contribution in [0.2, 0.25) is 0 Å². The minimum Gasteiger partial charge on any atom is -0.478 e. The zero-order chi connectivity index (χ0) is 21.1. The molecular formula is C21H18FN5O3. The number of para-hydroxylation sites is 2. The van der Waals surface area contributed by atoms with Crippen molar-refractivity contribution in [1.82, 2.24) is 9.97 Å². The van der Waals surface area contributed by atoms with Gasteiger partial charge >= 0.3 is 5.97 Å². The van der Waals surface area contributed by atoms with Gasteiger partial charge in [-0.15, -0.1) is 0 Å². The summed E-state index contributed by atoms with van der Waals surface area (Å²) >= 11 is 0. The third-order valence-electron chi connectivity index (χ3n) is 4.52. The lowest BCUT2D eigenvalue weighted by molar-refractivity contribution is -0.117. The molecule has 1 fully saturated rings. The number of rotatable bonds is 7. The van der Waals surface area contributed by atoms with E-state index in [1.54, 1.807) is 36.4 Å². The number of amides is 1. The maximum absolute atomic E-state index is 14.3. The molecule has 2 aromatic carbocycles. The lowest BCUT2D eigenvalue weighted by Gasteiger charge is -2.14. The molecule has 9 heteroatoms. The molecule has 1 heterocycles. The third kappa shape index (κ3) is 4.52. The van der Waals surface area contributed by atoms with Crippen LogP contribution in [0.4, 0.5) is 33.2 Å². The SMILES string of the molecule is O=C(O)c1ccc(Nc2ncc(F)c(Nc3ccccc3NC(=O)C3CC3)n2)cc1. The first-order chi connectivity index (χ1) is 14.5. The predicted octanol–water partition coefficient (Wildman–Crippen LogP) is 4.15. The number of aromatic nitrogens is 2. The molecule has 30 heavy (non-hydrogen) atoms. The van der Waals surface area contributed by atoms with Crippen LogP contribution < -0.4 is 16.0 Å². The average molecular weight is 407 g/mol. The van der Waals surface area contributed by atoms with Crippen LogP contribution in [0.3, 0.4) is 0 Å². The molecule has 1 amide bonds. The van der Waals surface area contributed by atoms with Crippen LogP contribution in [0.15, 0.2) is 54.7 Å². The summed E-state index contributed by atoms with van der Waals surface area (Å²) in [5.41, 5.74) is 1.73. The number of carbonyl (C=O) groups is 2. The Kier molecular flexibility index (Phi) is 5.25. The molecule has 0 saturated heterocycles. The van der Waals surface area contributed by atoms with Gasteiger partial charge in [-0.1, -0.05) is 12.1 Å². The minimum absolute atomic E-state index is 0.0390. The van der Waals surface area contributed by atoms with E-state index in [0.29, 0.717) is 17.1 Å². The molecule has 152 valence electrons. The molecule has 0 unspecified atom stereocenters. The highest BCUT2D eigenvalue weighted by Crippen LogP contribution is 2.32. The normalized spacial score (nSPS) is 12.8. The Labute approximate surface area is 171 Å². The number of hydrogen-bond donors (Lipinski definition) is 4. The van der Waals surface area contributed by atoms with Crippen LogP contribution in [0, 0.1) is 11.7 Å². The fraction of sp³-hybridized carbons (Fsp3) is 0.143.